The lowest BCUT2D eigenvalue weighted by Gasteiger charge is -2.02. The molecule has 0 spiro atoms. The van der Waals surface area contributed by atoms with E-state index in [1.54, 1.807) is 6.07 Å². The fourth-order valence-corrected chi connectivity index (χ4v) is 1.55. The number of nitrogens with one attached hydrogen (secondary N) is 1. The maximum atomic E-state index is 11.5. The summed E-state index contributed by atoms with van der Waals surface area (Å²) in [5, 5.41) is 12.5. The van der Waals surface area contributed by atoms with Crippen LogP contribution in [0, 0.1) is 6.92 Å². The molecule has 1 atom stereocenters. The van der Waals surface area contributed by atoms with Crippen molar-refractivity contribution in [2.45, 2.75) is 19.9 Å². The first-order valence-corrected chi connectivity index (χ1v) is 4.24. The molecule has 13 heavy (non-hydrogen) atoms. The van der Waals surface area contributed by atoms with Crippen LogP contribution in [0.5, 0.6) is 5.75 Å². The van der Waals surface area contributed by atoms with Crippen LogP contribution in [0.1, 0.15) is 22.8 Å². The number of phenols is 1. The van der Waals surface area contributed by atoms with Crippen LogP contribution in [-0.4, -0.2) is 16.9 Å². The number of carbonyl (C=O) groups is 1. The number of aromatic hydroxyl groups is 1. The van der Waals surface area contributed by atoms with E-state index >= 15 is 0 Å². The van der Waals surface area contributed by atoms with Crippen molar-refractivity contribution in [1.29, 1.82) is 0 Å². The zero-order chi connectivity index (χ0) is 9.59. The van der Waals surface area contributed by atoms with Gasteiger partial charge in [0.15, 0.2) is 5.78 Å². The molecular formula is C10H11NO2. The molecule has 0 radical (unpaired) electrons. The zero-order valence-corrected chi connectivity index (χ0v) is 7.59. The minimum absolute atomic E-state index is 0.0466. The lowest BCUT2D eigenvalue weighted by atomic mass is 10.1. The smallest absolute Gasteiger partial charge is 0.186 e. The highest BCUT2D eigenvalue weighted by Gasteiger charge is 2.26. The molecule has 0 aromatic heterocycles. The molecule has 0 aliphatic carbocycles. The van der Waals surface area contributed by atoms with Crippen molar-refractivity contribution in [1.82, 2.24) is 0 Å². The maximum Gasteiger partial charge on any atom is 0.186 e. The van der Waals surface area contributed by atoms with Gasteiger partial charge in [-0.3, -0.25) is 4.79 Å². The molecule has 68 valence electrons. The van der Waals surface area contributed by atoms with Crippen molar-refractivity contribution in [3.05, 3.63) is 23.3 Å². The molecule has 1 aromatic rings. The number of Topliss-reactive ketones (excluding diaryl/α,β-unsaturated/α-hetero) is 1. The van der Waals surface area contributed by atoms with Gasteiger partial charge >= 0.3 is 0 Å². The lowest BCUT2D eigenvalue weighted by Crippen LogP contribution is -2.16. The third-order valence-electron chi connectivity index (χ3n) is 2.37. The van der Waals surface area contributed by atoms with E-state index in [1.807, 2.05) is 13.8 Å². The van der Waals surface area contributed by atoms with E-state index in [4.69, 9.17) is 0 Å². The summed E-state index contributed by atoms with van der Waals surface area (Å²) in [6, 6.07) is 3.16. The fraction of sp³-hybridized carbons (Fsp3) is 0.300. The molecule has 3 nitrogen and oxygen atoms in total. The Morgan fingerprint density at radius 1 is 1.46 bits per heavy atom. The van der Waals surface area contributed by atoms with Gasteiger partial charge in [-0.2, -0.15) is 0 Å². The van der Waals surface area contributed by atoms with Gasteiger partial charge in [0.25, 0.3) is 0 Å². The molecule has 0 bridgehead atoms. The Morgan fingerprint density at radius 3 is 2.85 bits per heavy atom. The molecule has 0 saturated heterocycles. The molecule has 0 saturated carbocycles. The molecule has 0 amide bonds. The largest absolute Gasteiger partial charge is 0.508 e. The van der Waals surface area contributed by atoms with E-state index in [0.717, 1.165) is 11.3 Å². The minimum Gasteiger partial charge on any atom is -0.508 e. The van der Waals surface area contributed by atoms with E-state index in [2.05, 4.69) is 5.32 Å². The zero-order valence-electron chi connectivity index (χ0n) is 7.59. The summed E-state index contributed by atoms with van der Waals surface area (Å²) in [7, 11) is 0. The summed E-state index contributed by atoms with van der Waals surface area (Å²) in [4.78, 5) is 11.5. The number of anilines is 1. The van der Waals surface area contributed by atoms with Gasteiger partial charge in [-0.15, -0.1) is 0 Å². The predicted octanol–water partition coefficient (Wildman–Crippen LogP) is 1.70. The number of fused-ring (bicyclic) bond motifs is 1. The van der Waals surface area contributed by atoms with Crippen LogP contribution < -0.4 is 5.32 Å². The van der Waals surface area contributed by atoms with Crippen LogP contribution in [0.25, 0.3) is 0 Å². The number of rotatable bonds is 0. The van der Waals surface area contributed by atoms with Crippen molar-refractivity contribution < 1.29 is 9.90 Å². The van der Waals surface area contributed by atoms with Crippen LogP contribution in [-0.2, 0) is 0 Å². The third kappa shape index (κ3) is 1.08. The third-order valence-corrected chi connectivity index (χ3v) is 2.37. The number of hydrogen-bond donors (Lipinski definition) is 2. The number of phenolic OH excluding ortho intramolecular Hbond substituents is 1. The van der Waals surface area contributed by atoms with E-state index < -0.39 is 0 Å². The molecule has 3 heteroatoms. The Morgan fingerprint density at radius 2 is 2.15 bits per heavy atom. The van der Waals surface area contributed by atoms with Crippen LogP contribution in [0.4, 0.5) is 5.69 Å². The quantitative estimate of drug-likeness (QED) is 0.593. The molecular weight excluding hydrogens is 166 g/mol. The Balaban J connectivity index is 2.59. The molecule has 1 aromatic carbocycles. The highest BCUT2D eigenvalue weighted by Crippen LogP contribution is 2.31. The van der Waals surface area contributed by atoms with Crippen molar-refractivity contribution in [3.8, 4) is 5.75 Å². The molecule has 0 fully saturated rings. The van der Waals surface area contributed by atoms with Crippen molar-refractivity contribution in [2.24, 2.45) is 0 Å². The van der Waals surface area contributed by atoms with Gasteiger partial charge in [-0.25, -0.2) is 0 Å². The number of hydrogen-bond acceptors (Lipinski definition) is 3. The number of benzene rings is 1. The first-order valence-electron chi connectivity index (χ1n) is 4.24. The highest BCUT2D eigenvalue weighted by molar-refractivity contribution is 6.10. The monoisotopic (exact) mass is 177 g/mol. The van der Waals surface area contributed by atoms with Crippen LogP contribution in [0.15, 0.2) is 12.1 Å². The van der Waals surface area contributed by atoms with Crippen molar-refractivity contribution in [2.75, 3.05) is 5.32 Å². The second-order valence-corrected chi connectivity index (χ2v) is 3.41. The second kappa shape index (κ2) is 2.49. The van der Waals surface area contributed by atoms with Gasteiger partial charge in [0, 0.05) is 11.3 Å². The van der Waals surface area contributed by atoms with E-state index in [9.17, 15) is 9.90 Å². The lowest BCUT2D eigenvalue weighted by molar-refractivity contribution is 0.0984. The van der Waals surface area contributed by atoms with Gasteiger partial charge in [-0.05, 0) is 31.5 Å². The summed E-state index contributed by atoms with van der Waals surface area (Å²) in [6.07, 6.45) is 0. The first kappa shape index (κ1) is 8.10. The molecule has 1 aliphatic heterocycles. The van der Waals surface area contributed by atoms with Gasteiger partial charge in [-0.1, -0.05) is 0 Å². The summed E-state index contributed by atoms with van der Waals surface area (Å²) in [5.74, 6) is 0.230. The molecule has 2 rings (SSSR count). The van der Waals surface area contributed by atoms with Crippen LogP contribution >= 0.6 is 0 Å². The molecule has 2 N–H and O–H groups in total. The standard InChI is InChI=1S/C10H11NO2/c1-5-3-8-7(4-9(5)12)10(13)6(2)11-8/h3-4,6,11-12H,1-2H3. The van der Waals surface area contributed by atoms with Gasteiger partial charge in [0.05, 0.1) is 6.04 Å². The number of ketones is 1. The second-order valence-electron chi connectivity index (χ2n) is 3.41. The van der Waals surface area contributed by atoms with Gasteiger partial charge < -0.3 is 10.4 Å². The Kier molecular flexibility index (Phi) is 1.55. The summed E-state index contributed by atoms with van der Waals surface area (Å²) in [6.45, 7) is 3.62. The summed E-state index contributed by atoms with van der Waals surface area (Å²) < 4.78 is 0. The maximum absolute atomic E-state index is 11.5. The van der Waals surface area contributed by atoms with Gasteiger partial charge in [0.1, 0.15) is 5.75 Å². The summed E-state index contributed by atoms with van der Waals surface area (Å²) >= 11 is 0. The molecule has 1 aliphatic rings. The number of carbonyl (C=O) groups excluding carboxylic acids is 1. The molecule has 1 unspecified atom stereocenters. The first-order chi connectivity index (χ1) is 6.09. The average molecular weight is 177 g/mol. The minimum atomic E-state index is -0.170. The Bertz CT molecular complexity index is 385. The van der Waals surface area contributed by atoms with E-state index in [-0.39, 0.29) is 17.6 Å². The normalized spacial score (nSPS) is 19.8. The summed E-state index contributed by atoms with van der Waals surface area (Å²) in [5.41, 5.74) is 2.21. The predicted molar refractivity (Wildman–Crippen MR) is 50.3 cm³/mol. The van der Waals surface area contributed by atoms with Crippen LogP contribution in [0.2, 0.25) is 0 Å². The SMILES string of the molecule is Cc1cc2c(cc1O)C(=O)C(C)N2. The Hall–Kier alpha value is -1.51. The van der Waals surface area contributed by atoms with Gasteiger partial charge in [0.2, 0.25) is 0 Å². The van der Waals surface area contributed by atoms with E-state index in [0.29, 0.717) is 5.56 Å². The Labute approximate surface area is 76.4 Å². The highest BCUT2D eigenvalue weighted by atomic mass is 16.3. The topological polar surface area (TPSA) is 49.3 Å². The number of aryl methyl sites for hydroxylation is 1. The van der Waals surface area contributed by atoms with Crippen LogP contribution in [0.3, 0.4) is 0 Å². The van der Waals surface area contributed by atoms with Crippen molar-refractivity contribution in [3.63, 3.8) is 0 Å². The van der Waals surface area contributed by atoms with E-state index in [1.165, 1.54) is 6.07 Å². The average Bonchev–Trinajstić information content (AvgIpc) is 2.32. The molecule has 1 heterocycles. The fourth-order valence-electron chi connectivity index (χ4n) is 1.55. The van der Waals surface area contributed by atoms with Crippen molar-refractivity contribution >= 4 is 11.5 Å².